The van der Waals surface area contributed by atoms with E-state index in [9.17, 15) is 13.2 Å². The van der Waals surface area contributed by atoms with E-state index < -0.39 is 12.6 Å². The van der Waals surface area contributed by atoms with Crippen LogP contribution in [0, 0.1) is 0 Å². The summed E-state index contributed by atoms with van der Waals surface area (Å²) in [7, 11) is 1.52. The first-order chi connectivity index (χ1) is 11.1. The number of rotatable bonds is 6. The van der Waals surface area contributed by atoms with Crippen LogP contribution in [0.3, 0.4) is 0 Å². The molecule has 0 unspecified atom stereocenters. The van der Waals surface area contributed by atoms with Gasteiger partial charge in [-0.1, -0.05) is 24.3 Å². The average Bonchev–Trinajstić information content (AvgIpc) is 2.47. The van der Waals surface area contributed by atoms with Crippen molar-refractivity contribution in [2.75, 3.05) is 13.6 Å². The van der Waals surface area contributed by atoms with Crippen molar-refractivity contribution < 1.29 is 17.9 Å². The lowest BCUT2D eigenvalue weighted by Gasteiger charge is -2.19. The van der Waals surface area contributed by atoms with E-state index in [-0.39, 0.29) is 12.1 Å². The monoisotopic (exact) mass is 345 g/mol. The quantitative estimate of drug-likeness (QED) is 0.611. The van der Waals surface area contributed by atoms with Crippen molar-refractivity contribution in [3.05, 3.63) is 35.4 Å². The highest BCUT2D eigenvalue weighted by Gasteiger charge is 2.26. The standard InChI is InChI=1S/C17H26F3N3O/c1-16(2,3)24-12-14-7-5-6-13(10-14)11-23-15(21-4)22-9-8-17(18,19)20/h5-7,10H,8-9,11-12H2,1-4H3,(H2,21,22,23). The average molecular weight is 345 g/mol. The lowest BCUT2D eigenvalue weighted by Crippen LogP contribution is -2.38. The summed E-state index contributed by atoms with van der Waals surface area (Å²) in [6.07, 6.45) is -5.07. The summed E-state index contributed by atoms with van der Waals surface area (Å²) in [6.45, 7) is 6.76. The minimum Gasteiger partial charge on any atom is -0.371 e. The van der Waals surface area contributed by atoms with Gasteiger partial charge in [-0.05, 0) is 31.9 Å². The highest BCUT2D eigenvalue weighted by atomic mass is 19.4. The van der Waals surface area contributed by atoms with Crippen LogP contribution in [0.25, 0.3) is 0 Å². The molecule has 2 N–H and O–H groups in total. The molecule has 24 heavy (non-hydrogen) atoms. The van der Waals surface area contributed by atoms with Gasteiger partial charge in [-0.3, -0.25) is 4.99 Å². The fraction of sp³-hybridized carbons (Fsp3) is 0.588. The summed E-state index contributed by atoms with van der Waals surface area (Å²) in [5.74, 6) is 0.343. The minimum atomic E-state index is -4.17. The number of halogens is 3. The molecule has 1 aromatic carbocycles. The summed E-state index contributed by atoms with van der Waals surface area (Å²) < 4.78 is 42.2. The van der Waals surface area contributed by atoms with E-state index in [0.717, 1.165) is 11.1 Å². The minimum absolute atomic E-state index is 0.206. The van der Waals surface area contributed by atoms with Gasteiger partial charge >= 0.3 is 6.18 Å². The Balaban J connectivity index is 2.48. The molecule has 0 aliphatic carbocycles. The Bertz CT molecular complexity index is 537. The molecule has 4 nitrogen and oxygen atoms in total. The number of ether oxygens (including phenoxy) is 1. The molecule has 1 rings (SSSR count). The van der Waals surface area contributed by atoms with Crippen LogP contribution in [0.15, 0.2) is 29.3 Å². The van der Waals surface area contributed by atoms with Crippen LogP contribution >= 0.6 is 0 Å². The second-order valence-corrected chi connectivity index (χ2v) is 6.44. The van der Waals surface area contributed by atoms with Crippen molar-refractivity contribution in [3.63, 3.8) is 0 Å². The molecule has 0 fully saturated rings. The third-order valence-corrected chi connectivity index (χ3v) is 3.05. The number of benzene rings is 1. The van der Waals surface area contributed by atoms with Crippen LogP contribution in [-0.2, 0) is 17.9 Å². The van der Waals surface area contributed by atoms with Crippen LogP contribution in [0.5, 0.6) is 0 Å². The van der Waals surface area contributed by atoms with Gasteiger partial charge < -0.3 is 15.4 Å². The molecule has 0 bridgehead atoms. The van der Waals surface area contributed by atoms with E-state index in [1.165, 1.54) is 7.05 Å². The summed E-state index contributed by atoms with van der Waals surface area (Å²) in [5, 5.41) is 5.65. The molecule has 0 saturated carbocycles. The molecule has 0 atom stereocenters. The molecule has 136 valence electrons. The van der Waals surface area contributed by atoms with Crippen molar-refractivity contribution >= 4 is 5.96 Å². The lowest BCUT2D eigenvalue weighted by molar-refractivity contribution is -0.132. The summed E-state index contributed by atoms with van der Waals surface area (Å²) in [6, 6.07) is 7.85. The van der Waals surface area contributed by atoms with E-state index in [1.54, 1.807) is 0 Å². The number of hydrogen-bond donors (Lipinski definition) is 2. The second kappa shape index (κ2) is 8.92. The summed E-state index contributed by atoms with van der Waals surface area (Å²) in [5.41, 5.74) is 1.84. The maximum Gasteiger partial charge on any atom is 0.390 e. The van der Waals surface area contributed by atoms with Crippen molar-refractivity contribution in [1.82, 2.24) is 10.6 Å². The molecular formula is C17H26F3N3O. The highest BCUT2D eigenvalue weighted by molar-refractivity contribution is 5.79. The van der Waals surface area contributed by atoms with Gasteiger partial charge in [-0.15, -0.1) is 0 Å². The zero-order chi connectivity index (χ0) is 18.2. The number of hydrogen-bond acceptors (Lipinski definition) is 2. The molecule has 0 aromatic heterocycles. The number of nitrogens with one attached hydrogen (secondary N) is 2. The van der Waals surface area contributed by atoms with Gasteiger partial charge in [0.1, 0.15) is 0 Å². The van der Waals surface area contributed by atoms with Crippen LogP contribution in [0.1, 0.15) is 38.3 Å². The normalized spacial score (nSPS) is 13.0. The van der Waals surface area contributed by atoms with Gasteiger partial charge in [0.25, 0.3) is 0 Å². The predicted molar refractivity (Wildman–Crippen MR) is 89.9 cm³/mol. The topological polar surface area (TPSA) is 45.7 Å². The first kappa shape index (κ1) is 20.3. The fourth-order valence-corrected chi connectivity index (χ4v) is 1.86. The molecule has 1 aromatic rings. The largest absolute Gasteiger partial charge is 0.390 e. The molecule has 7 heteroatoms. The first-order valence-electron chi connectivity index (χ1n) is 7.82. The Labute approximate surface area is 141 Å². The van der Waals surface area contributed by atoms with Crippen LogP contribution in [0.4, 0.5) is 13.2 Å². The van der Waals surface area contributed by atoms with Crippen LogP contribution in [-0.4, -0.2) is 31.3 Å². The number of nitrogens with zero attached hydrogens (tertiary/aromatic N) is 1. The molecule has 0 aliphatic heterocycles. The lowest BCUT2D eigenvalue weighted by atomic mass is 10.1. The summed E-state index contributed by atoms with van der Waals surface area (Å²) in [4.78, 5) is 3.92. The Morgan fingerprint density at radius 3 is 2.38 bits per heavy atom. The molecule has 0 spiro atoms. The van der Waals surface area contributed by atoms with Gasteiger partial charge in [0.05, 0.1) is 18.6 Å². The third-order valence-electron chi connectivity index (χ3n) is 3.05. The zero-order valence-electron chi connectivity index (χ0n) is 14.6. The van der Waals surface area contributed by atoms with Gasteiger partial charge in [-0.2, -0.15) is 13.2 Å². The highest BCUT2D eigenvalue weighted by Crippen LogP contribution is 2.18. The Kier molecular flexibility index (Phi) is 7.54. The van der Waals surface area contributed by atoms with Gasteiger partial charge in [0.2, 0.25) is 0 Å². The van der Waals surface area contributed by atoms with Crippen molar-refractivity contribution in [3.8, 4) is 0 Å². The molecule has 0 aliphatic rings. The van der Waals surface area contributed by atoms with Gasteiger partial charge in [-0.25, -0.2) is 0 Å². The first-order valence-corrected chi connectivity index (χ1v) is 7.82. The zero-order valence-corrected chi connectivity index (χ0v) is 14.6. The van der Waals surface area contributed by atoms with Gasteiger partial charge in [0, 0.05) is 20.1 Å². The van der Waals surface area contributed by atoms with E-state index in [0.29, 0.717) is 19.1 Å². The maximum atomic E-state index is 12.1. The number of alkyl halides is 3. The van der Waals surface area contributed by atoms with Crippen molar-refractivity contribution in [1.29, 1.82) is 0 Å². The maximum absolute atomic E-state index is 12.1. The summed E-state index contributed by atoms with van der Waals surface area (Å²) >= 11 is 0. The molecule has 0 heterocycles. The number of aliphatic imine (C=N–C) groups is 1. The fourth-order valence-electron chi connectivity index (χ4n) is 1.86. The molecule has 0 saturated heterocycles. The van der Waals surface area contributed by atoms with E-state index in [4.69, 9.17) is 4.74 Å². The Morgan fingerprint density at radius 2 is 1.79 bits per heavy atom. The van der Waals surface area contributed by atoms with Crippen LogP contribution in [0.2, 0.25) is 0 Å². The molecule has 0 amide bonds. The SMILES string of the molecule is CN=C(NCCC(F)(F)F)NCc1cccc(COC(C)(C)C)c1. The van der Waals surface area contributed by atoms with Gasteiger partial charge in [0.15, 0.2) is 5.96 Å². The van der Waals surface area contributed by atoms with E-state index in [1.807, 2.05) is 45.0 Å². The Morgan fingerprint density at radius 1 is 1.12 bits per heavy atom. The smallest absolute Gasteiger partial charge is 0.371 e. The third kappa shape index (κ3) is 9.39. The van der Waals surface area contributed by atoms with Crippen molar-refractivity contribution in [2.45, 2.75) is 52.1 Å². The number of guanidine groups is 1. The van der Waals surface area contributed by atoms with Crippen LogP contribution < -0.4 is 10.6 Å². The second-order valence-electron chi connectivity index (χ2n) is 6.44. The molecular weight excluding hydrogens is 319 g/mol. The predicted octanol–water partition coefficient (Wildman–Crippen LogP) is 3.62. The van der Waals surface area contributed by atoms with E-state index >= 15 is 0 Å². The van der Waals surface area contributed by atoms with Crippen molar-refractivity contribution in [2.24, 2.45) is 4.99 Å². The Hall–Kier alpha value is -1.76. The molecule has 0 radical (unpaired) electrons. The van der Waals surface area contributed by atoms with E-state index in [2.05, 4.69) is 15.6 Å².